The number of thiophene rings is 1. The number of hydrogen-bond acceptors (Lipinski definition) is 3. The van der Waals surface area contributed by atoms with E-state index < -0.39 is 0 Å². The van der Waals surface area contributed by atoms with Gasteiger partial charge in [0.1, 0.15) is 6.17 Å². The molecule has 118 valence electrons. The van der Waals surface area contributed by atoms with Gasteiger partial charge >= 0.3 is 0 Å². The Balaban J connectivity index is 2.06. The van der Waals surface area contributed by atoms with Gasteiger partial charge in [-0.15, -0.1) is 0 Å². The molecule has 0 bridgehead atoms. The van der Waals surface area contributed by atoms with Crippen LogP contribution < -0.4 is 5.32 Å². The molecule has 0 aliphatic carbocycles. The van der Waals surface area contributed by atoms with E-state index in [2.05, 4.69) is 47.8 Å². The number of amides is 1. The summed E-state index contributed by atoms with van der Waals surface area (Å²) in [7, 11) is 0. The standard InChI is InChI=1S/C17H28N2OS/c1-4-6-7-8-10-19-16(14-9-11-21-12-14)18-15(17(19)20)13(3)5-2/h9,11-13,15-16,18H,4-8,10H2,1-3H3. The smallest absolute Gasteiger partial charge is 0.241 e. The van der Waals surface area contributed by atoms with Gasteiger partial charge < -0.3 is 4.90 Å². The van der Waals surface area contributed by atoms with Crippen molar-refractivity contribution in [3.8, 4) is 0 Å². The van der Waals surface area contributed by atoms with Crippen molar-refractivity contribution in [2.45, 2.75) is 65.1 Å². The van der Waals surface area contributed by atoms with Crippen LogP contribution in [0.25, 0.3) is 0 Å². The predicted molar refractivity (Wildman–Crippen MR) is 89.3 cm³/mol. The average Bonchev–Trinajstić information content (AvgIpc) is 3.11. The van der Waals surface area contributed by atoms with Gasteiger partial charge in [0.2, 0.25) is 5.91 Å². The van der Waals surface area contributed by atoms with E-state index in [1.165, 1.54) is 24.8 Å². The Morgan fingerprint density at radius 1 is 1.33 bits per heavy atom. The number of rotatable bonds is 8. The molecule has 4 heteroatoms. The molecule has 3 atom stereocenters. The first-order valence-electron chi connectivity index (χ1n) is 8.27. The second kappa shape index (κ2) is 7.95. The monoisotopic (exact) mass is 308 g/mol. The van der Waals surface area contributed by atoms with E-state index in [1.807, 2.05) is 0 Å². The molecule has 1 saturated heterocycles. The fraction of sp³-hybridized carbons (Fsp3) is 0.706. The van der Waals surface area contributed by atoms with Crippen molar-refractivity contribution in [3.05, 3.63) is 22.4 Å². The Hall–Kier alpha value is -0.870. The fourth-order valence-corrected chi connectivity index (χ4v) is 3.61. The summed E-state index contributed by atoms with van der Waals surface area (Å²) < 4.78 is 0. The number of unbranched alkanes of at least 4 members (excludes halogenated alkanes) is 3. The zero-order valence-electron chi connectivity index (χ0n) is 13.5. The van der Waals surface area contributed by atoms with Gasteiger partial charge in [-0.3, -0.25) is 10.1 Å². The Bertz CT molecular complexity index is 432. The second-order valence-electron chi connectivity index (χ2n) is 6.08. The van der Waals surface area contributed by atoms with Gasteiger partial charge in [0, 0.05) is 6.54 Å². The highest BCUT2D eigenvalue weighted by Gasteiger charge is 2.41. The number of carbonyl (C=O) groups excluding carboxylic acids is 1. The van der Waals surface area contributed by atoms with E-state index in [1.54, 1.807) is 11.3 Å². The summed E-state index contributed by atoms with van der Waals surface area (Å²) >= 11 is 1.70. The van der Waals surface area contributed by atoms with Gasteiger partial charge in [-0.05, 0) is 34.7 Å². The molecule has 1 aliphatic rings. The van der Waals surface area contributed by atoms with E-state index in [0.29, 0.717) is 5.92 Å². The molecule has 0 radical (unpaired) electrons. The molecule has 1 aliphatic heterocycles. The number of hydrogen-bond donors (Lipinski definition) is 1. The van der Waals surface area contributed by atoms with Crippen molar-refractivity contribution in [1.82, 2.24) is 10.2 Å². The molecule has 1 aromatic heterocycles. The number of nitrogens with zero attached hydrogens (tertiary/aromatic N) is 1. The third kappa shape index (κ3) is 3.86. The van der Waals surface area contributed by atoms with Gasteiger partial charge in [-0.2, -0.15) is 11.3 Å². The summed E-state index contributed by atoms with van der Waals surface area (Å²) in [4.78, 5) is 14.8. The van der Waals surface area contributed by atoms with Crippen LogP contribution in [0.3, 0.4) is 0 Å². The summed E-state index contributed by atoms with van der Waals surface area (Å²) in [6.07, 6.45) is 5.91. The van der Waals surface area contributed by atoms with Crippen molar-refractivity contribution in [1.29, 1.82) is 0 Å². The molecular weight excluding hydrogens is 280 g/mol. The van der Waals surface area contributed by atoms with Crippen LogP contribution in [0.4, 0.5) is 0 Å². The highest BCUT2D eigenvalue weighted by atomic mass is 32.1. The highest BCUT2D eigenvalue weighted by Crippen LogP contribution is 2.30. The maximum absolute atomic E-state index is 12.7. The molecule has 1 aromatic rings. The van der Waals surface area contributed by atoms with Gasteiger partial charge in [0.05, 0.1) is 6.04 Å². The van der Waals surface area contributed by atoms with Gasteiger partial charge in [0.25, 0.3) is 0 Å². The van der Waals surface area contributed by atoms with Crippen molar-refractivity contribution in [2.75, 3.05) is 6.54 Å². The van der Waals surface area contributed by atoms with Crippen molar-refractivity contribution >= 4 is 17.2 Å². The lowest BCUT2D eigenvalue weighted by molar-refractivity contribution is -0.131. The van der Waals surface area contributed by atoms with Crippen LogP contribution in [0.2, 0.25) is 0 Å². The Kier molecular flexibility index (Phi) is 6.24. The molecule has 1 N–H and O–H groups in total. The summed E-state index contributed by atoms with van der Waals surface area (Å²) in [6.45, 7) is 7.42. The first kappa shape index (κ1) is 16.5. The maximum atomic E-state index is 12.7. The lowest BCUT2D eigenvalue weighted by Gasteiger charge is -2.23. The molecule has 3 unspecified atom stereocenters. The van der Waals surface area contributed by atoms with Crippen LogP contribution >= 0.6 is 11.3 Å². The Morgan fingerprint density at radius 3 is 2.76 bits per heavy atom. The van der Waals surface area contributed by atoms with Crippen LogP contribution in [-0.4, -0.2) is 23.4 Å². The van der Waals surface area contributed by atoms with Crippen LogP contribution in [0.1, 0.15) is 64.6 Å². The van der Waals surface area contributed by atoms with Crippen LogP contribution in [0.5, 0.6) is 0 Å². The minimum Gasteiger partial charge on any atom is -0.322 e. The fourth-order valence-electron chi connectivity index (χ4n) is 2.94. The third-order valence-electron chi connectivity index (χ3n) is 4.52. The van der Waals surface area contributed by atoms with Crippen molar-refractivity contribution in [3.63, 3.8) is 0 Å². The maximum Gasteiger partial charge on any atom is 0.241 e. The third-order valence-corrected chi connectivity index (χ3v) is 5.22. The van der Waals surface area contributed by atoms with Crippen molar-refractivity contribution in [2.24, 2.45) is 5.92 Å². The van der Waals surface area contributed by atoms with Crippen molar-refractivity contribution < 1.29 is 4.79 Å². The van der Waals surface area contributed by atoms with E-state index >= 15 is 0 Å². The molecule has 2 heterocycles. The molecule has 1 fully saturated rings. The summed E-state index contributed by atoms with van der Waals surface area (Å²) in [5.41, 5.74) is 1.23. The van der Waals surface area contributed by atoms with E-state index in [-0.39, 0.29) is 18.1 Å². The minimum absolute atomic E-state index is 0.0222. The first-order valence-corrected chi connectivity index (χ1v) is 9.21. The summed E-state index contributed by atoms with van der Waals surface area (Å²) in [5, 5.41) is 7.81. The zero-order valence-corrected chi connectivity index (χ0v) is 14.3. The first-order chi connectivity index (χ1) is 10.2. The molecule has 1 amide bonds. The topological polar surface area (TPSA) is 32.3 Å². The SMILES string of the molecule is CCCCCCN1C(=O)C(C(C)CC)NC1c1ccsc1. The second-order valence-corrected chi connectivity index (χ2v) is 6.86. The highest BCUT2D eigenvalue weighted by molar-refractivity contribution is 7.07. The Labute approximate surface area is 132 Å². The van der Waals surface area contributed by atoms with Crippen LogP contribution in [0, 0.1) is 5.92 Å². The van der Waals surface area contributed by atoms with Gasteiger partial charge in [-0.1, -0.05) is 46.5 Å². The zero-order chi connectivity index (χ0) is 15.2. The molecular formula is C17H28N2OS. The van der Waals surface area contributed by atoms with Crippen LogP contribution in [-0.2, 0) is 4.79 Å². The Morgan fingerprint density at radius 2 is 2.14 bits per heavy atom. The van der Waals surface area contributed by atoms with E-state index in [9.17, 15) is 4.79 Å². The van der Waals surface area contributed by atoms with Gasteiger partial charge in [0.15, 0.2) is 0 Å². The van der Waals surface area contributed by atoms with E-state index in [0.717, 1.165) is 19.4 Å². The lowest BCUT2D eigenvalue weighted by atomic mass is 9.99. The average molecular weight is 308 g/mol. The quantitative estimate of drug-likeness (QED) is 0.731. The molecule has 0 aromatic carbocycles. The minimum atomic E-state index is -0.0222. The molecule has 2 rings (SSSR count). The summed E-state index contributed by atoms with van der Waals surface area (Å²) in [5.74, 6) is 0.677. The summed E-state index contributed by atoms with van der Waals surface area (Å²) in [6, 6.07) is 2.11. The normalized spacial score (nSPS) is 23.8. The molecule has 21 heavy (non-hydrogen) atoms. The molecule has 0 saturated carbocycles. The molecule has 3 nitrogen and oxygen atoms in total. The number of nitrogens with one attached hydrogen (secondary N) is 1. The van der Waals surface area contributed by atoms with E-state index in [4.69, 9.17) is 0 Å². The largest absolute Gasteiger partial charge is 0.322 e. The number of carbonyl (C=O) groups is 1. The van der Waals surface area contributed by atoms with Crippen LogP contribution in [0.15, 0.2) is 16.8 Å². The molecule has 0 spiro atoms. The predicted octanol–water partition coefficient (Wildman–Crippen LogP) is 4.17. The lowest BCUT2D eigenvalue weighted by Crippen LogP contribution is -2.35. The van der Waals surface area contributed by atoms with Gasteiger partial charge in [-0.25, -0.2) is 0 Å².